The van der Waals surface area contributed by atoms with Gasteiger partial charge in [0.1, 0.15) is 0 Å². The molecule has 0 amide bonds. The Labute approximate surface area is 62.7 Å². The molecule has 44 valence electrons. The first-order chi connectivity index (χ1) is 3.50. The third-order valence-electron chi connectivity index (χ3n) is 2.08. The Morgan fingerprint density at radius 3 is 1.75 bits per heavy atom. The van der Waals surface area contributed by atoms with Crippen LogP contribution in [-0.2, 0) is 0 Å². The Bertz CT molecular complexity index is 72.8. The summed E-state index contributed by atoms with van der Waals surface area (Å²) in [7, 11) is 3.43. The van der Waals surface area contributed by atoms with Crippen LogP contribution in [0.5, 0.6) is 0 Å². The predicted octanol–water partition coefficient (Wildman–Crippen LogP) is 0.879. The van der Waals surface area contributed by atoms with Crippen molar-refractivity contribution in [2.75, 3.05) is 14.1 Å². The molecule has 1 nitrogen and oxygen atoms in total. The molecule has 0 aromatic rings. The molecule has 0 aromatic carbocycles. The standard InChI is InChI=1S/C5H14NSi.Li/c1-6(2)7(3,4)5;/h3H2,1-2,4-5H3;. The van der Waals surface area contributed by atoms with Gasteiger partial charge in [0.05, 0.1) is 0 Å². The van der Waals surface area contributed by atoms with E-state index in [2.05, 4.69) is 49.5 Å². The Hall–Kier alpha value is 0.774. The van der Waals surface area contributed by atoms with Crippen LogP contribution in [0, 0.1) is 0 Å². The molecular weight excluding hydrogens is 109 g/mol. The van der Waals surface area contributed by atoms with E-state index in [1.807, 2.05) is 0 Å². The van der Waals surface area contributed by atoms with Gasteiger partial charge < -0.3 is 0 Å². The van der Waals surface area contributed by atoms with E-state index < -0.39 is 8.24 Å². The number of rotatable bonds is 2. The van der Waals surface area contributed by atoms with Crippen LogP contribution >= 0.6 is 0 Å². The molecule has 0 atom stereocenters. The van der Waals surface area contributed by atoms with E-state index in [0.29, 0.717) is 0 Å². The van der Waals surface area contributed by atoms with E-state index in [1.54, 1.807) is 0 Å². The molecule has 0 saturated heterocycles. The van der Waals surface area contributed by atoms with Gasteiger partial charge in [0, 0.05) is 0 Å². The van der Waals surface area contributed by atoms with Gasteiger partial charge in [-0.25, -0.2) is 0 Å². The Morgan fingerprint density at radius 2 is 1.75 bits per heavy atom. The Kier molecular flexibility index (Phi) is 3.37. The minimum absolute atomic E-state index is 0.921. The third-order valence-corrected chi connectivity index (χ3v) is 6.23. The average Bonchev–Trinajstić information content (AvgIpc) is 1.67. The van der Waals surface area contributed by atoms with Gasteiger partial charge in [-0.05, 0) is 0 Å². The predicted molar refractivity (Wildman–Crippen MR) is 41.7 cm³/mol. The molecule has 8 heavy (non-hydrogen) atoms. The zero-order valence-corrected chi connectivity index (χ0v) is 7.65. The van der Waals surface area contributed by atoms with Crippen LogP contribution in [0.15, 0.2) is 0 Å². The summed E-state index contributed by atoms with van der Waals surface area (Å²) in [4.78, 5) is 0. The minimum atomic E-state index is -0.921. The fourth-order valence-corrected chi connectivity index (χ4v) is 0.949. The van der Waals surface area contributed by atoms with Gasteiger partial charge in [0.2, 0.25) is 0 Å². The SMILES string of the molecule is [Li][CH2][Si](C)(C)N(C)C. The molecule has 0 saturated carbocycles. The Balaban J connectivity index is 3.71. The van der Waals surface area contributed by atoms with Gasteiger partial charge in [0.15, 0.2) is 0 Å². The third kappa shape index (κ3) is 2.36. The maximum absolute atomic E-state index is 2.38. The average molecular weight is 123 g/mol. The normalized spacial score (nSPS) is 12.9. The summed E-state index contributed by atoms with van der Waals surface area (Å²) in [5.41, 5.74) is 0. The molecule has 0 aliphatic heterocycles. The van der Waals surface area contributed by atoms with Crippen molar-refractivity contribution in [3.8, 4) is 0 Å². The molecule has 0 aromatic heterocycles. The molecule has 0 heterocycles. The van der Waals surface area contributed by atoms with Crippen LogP contribution in [-0.4, -0.2) is 44.6 Å². The van der Waals surface area contributed by atoms with Crippen LogP contribution in [0.1, 0.15) is 0 Å². The topological polar surface area (TPSA) is 3.24 Å². The van der Waals surface area contributed by atoms with Crippen LogP contribution in [0.25, 0.3) is 0 Å². The van der Waals surface area contributed by atoms with Crippen LogP contribution < -0.4 is 0 Å². The number of hydrogen-bond acceptors (Lipinski definition) is 1. The van der Waals surface area contributed by atoms with Gasteiger partial charge in [0.25, 0.3) is 0 Å². The molecule has 0 spiro atoms. The summed E-state index contributed by atoms with van der Waals surface area (Å²) in [5.74, 6) is 0. The fourth-order valence-electron chi connectivity index (χ4n) is 0.316. The second-order valence-corrected chi connectivity index (χ2v) is 8.29. The molecule has 0 bridgehead atoms. The molecule has 0 N–H and O–H groups in total. The van der Waals surface area contributed by atoms with Gasteiger partial charge in [-0.2, -0.15) is 0 Å². The summed E-state index contributed by atoms with van der Waals surface area (Å²) in [6.45, 7) is 4.76. The summed E-state index contributed by atoms with van der Waals surface area (Å²) >= 11 is 2.27. The van der Waals surface area contributed by atoms with Crippen molar-refractivity contribution < 1.29 is 0 Å². The van der Waals surface area contributed by atoms with E-state index in [4.69, 9.17) is 0 Å². The van der Waals surface area contributed by atoms with Crippen molar-refractivity contribution in [2.24, 2.45) is 0 Å². The van der Waals surface area contributed by atoms with Crippen molar-refractivity contribution in [3.05, 3.63) is 0 Å². The van der Waals surface area contributed by atoms with E-state index >= 15 is 0 Å². The molecular formula is C5H14LiNSi. The van der Waals surface area contributed by atoms with Crippen molar-refractivity contribution in [3.63, 3.8) is 0 Å². The molecule has 0 radical (unpaired) electrons. The van der Waals surface area contributed by atoms with Crippen molar-refractivity contribution in [1.82, 2.24) is 4.57 Å². The van der Waals surface area contributed by atoms with Crippen LogP contribution in [0.4, 0.5) is 0 Å². The fraction of sp³-hybridized carbons (Fsp3) is 1.00. The first-order valence-electron chi connectivity index (χ1n) is 3.18. The molecule has 0 unspecified atom stereocenters. The quantitative estimate of drug-likeness (QED) is 0.493. The summed E-state index contributed by atoms with van der Waals surface area (Å²) in [5, 5.41) is 0. The molecule has 0 rings (SSSR count). The van der Waals surface area contributed by atoms with Crippen LogP contribution in [0.2, 0.25) is 17.8 Å². The van der Waals surface area contributed by atoms with Crippen molar-refractivity contribution in [1.29, 1.82) is 0 Å². The summed E-state index contributed by atoms with van der Waals surface area (Å²) in [6.07, 6.45) is 0. The maximum atomic E-state index is 2.38. The summed E-state index contributed by atoms with van der Waals surface area (Å²) < 4.78 is 3.73. The second-order valence-electron chi connectivity index (χ2n) is 3.06. The van der Waals surface area contributed by atoms with Gasteiger partial charge in [-0.15, -0.1) is 0 Å². The first kappa shape index (κ1) is 8.77. The number of hydrogen-bond donors (Lipinski definition) is 0. The van der Waals surface area contributed by atoms with Crippen molar-refractivity contribution >= 4 is 26.0 Å². The van der Waals surface area contributed by atoms with Crippen molar-refractivity contribution in [2.45, 2.75) is 17.8 Å². The Morgan fingerprint density at radius 1 is 1.38 bits per heavy atom. The molecule has 0 aliphatic carbocycles. The van der Waals surface area contributed by atoms with E-state index in [1.165, 1.54) is 4.72 Å². The zero-order chi connectivity index (χ0) is 6.78. The van der Waals surface area contributed by atoms with E-state index in [9.17, 15) is 0 Å². The molecule has 3 heteroatoms. The van der Waals surface area contributed by atoms with Gasteiger partial charge >= 0.3 is 62.4 Å². The van der Waals surface area contributed by atoms with E-state index in [0.717, 1.165) is 0 Å². The summed E-state index contributed by atoms with van der Waals surface area (Å²) in [6, 6.07) is 0. The molecule has 0 aliphatic rings. The van der Waals surface area contributed by atoms with Gasteiger partial charge in [-0.1, -0.05) is 0 Å². The monoisotopic (exact) mass is 123 g/mol. The second kappa shape index (κ2) is 3.07. The van der Waals surface area contributed by atoms with Gasteiger partial charge in [-0.3, -0.25) is 0 Å². The van der Waals surface area contributed by atoms with E-state index in [-0.39, 0.29) is 0 Å². The zero-order valence-electron chi connectivity index (χ0n) is 6.65. The first-order valence-corrected chi connectivity index (χ1v) is 6.33. The molecule has 0 fully saturated rings. The number of nitrogens with zero attached hydrogens (tertiary/aromatic N) is 1. The van der Waals surface area contributed by atoms with Crippen LogP contribution in [0.3, 0.4) is 0 Å².